The van der Waals surface area contributed by atoms with Gasteiger partial charge in [-0.15, -0.1) is 0 Å². The second kappa shape index (κ2) is 12.2. The number of aromatic nitrogens is 2. The van der Waals surface area contributed by atoms with Crippen LogP contribution in [0.25, 0.3) is 11.3 Å². The topological polar surface area (TPSA) is 219 Å². The number of ketones is 4. The van der Waals surface area contributed by atoms with Gasteiger partial charge in [0.25, 0.3) is 0 Å². The van der Waals surface area contributed by atoms with Gasteiger partial charge in [0.2, 0.25) is 11.9 Å². The number of aliphatic hydroxyl groups excluding tert-OH is 1. The fourth-order valence-electron chi connectivity index (χ4n) is 8.19. The molecule has 2 aromatic carbocycles. The van der Waals surface area contributed by atoms with E-state index in [1.807, 2.05) is 24.3 Å². The summed E-state index contributed by atoms with van der Waals surface area (Å²) < 4.78 is 0. The van der Waals surface area contributed by atoms with E-state index < -0.39 is 82.1 Å². The first-order chi connectivity index (χ1) is 23.2. The van der Waals surface area contributed by atoms with Crippen LogP contribution in [0.2, 0.25) is 0 Å². The van der Waals surface area contributed by atoms with Crippen LogP contribution in [0.15, 0.2) is 42.6 Å². The van der Waals surface area contributed by atoms with Crippen molar-refractivity contribution in [2.45, 2.75) is 44.4 Å². The molecule has 1 aromatic heterocycles. The van der Waals surface area contributed by atoms with Crippen molar-refractivity contribution in [3.63, 3.8) is 0 Å². The van der Waals surface area contributed by atoms with E-state index in [0.717, 1.165) is 24.3 Å². The van der Waals surface area contributed by atoms with E-state index in [-0.39, 0.29) is 17.2 Å². The fraction of sp³-hybridized carbons (Fsp3) is 0.429. The summed E-state index contributed by atoms with van der Waals surface area (Å²) in [7, 11) is 2.89. The SMILES string of the molecule is CCN(CC)c1ccc(-c2cnc(Nc3ccc4c(c3O)C(=O)C3C(=O)[C@]5(O)C(=O)C(C(N)=O)C(=O)[C@@H](N(C)C)[C@@H]5[C@@H](O)[C@@H]3[C@H]4C)[nH]2)cc1. The Bertz CT molecular complexity index is 1870. The zero-order valence-corrected chi connectivity index (χ0v) is 27.8. The fourth-order valence-corrected chi connectivity index (χ4v) is 8.19. The van der Waals surface area contributed by atoms with Gasteiger partial charge in [-0.2, -0.15) is 0 Å². The molecule has 0 aliphatic heterocycles. The number of nitrogens with one attached hydrogen (secondary N) is 2. The first-order valence-corrected chi connectivity index (χ1v) is 16.2. The Morgan fingerprint density at radius 3 is 2.29 bits per heavy atom. The number of benzene rings is 2. The Morgan fingerprint density at radius 2 is 1.69 bits per heavy atom. The molecule has 2 fully saturated rings. The number of aliphatic hydroxyl groups is 2. The zero-order valence-electron chi connectivity index (χ0n) is 27.8. The molecule has 1 amide bonds. The molecule has 0 radical (unpaired) electrons. The molecule has 8 atom stereocenters. The Labute approximate surface area is 282 Å². The molecule has 7 N–H and O–H groups in total. The maximum absolute atomic E-state index is 14.2. The highest BCUT2D eigenvalue weighted by Gasteiger charge is 2.72. The number of anilines is 3. The molecular formula is C35H40N6O8. The molecular weight excluding hydrogens is 632 g/mol. The number of nitrogens with two attached hydrogens (primary N) is 1. The Hall–Kier alpha value is -4.92. The molecule has 0 spiro atoms. The molecule has 0 saturated heterocycles. The van der Waals surface area contributed by atoms with Crippen molar-refractivity contribution >= 4 is 46.4 Å². The summed E-state index contributed by atoms with van der Waals surface area (Å²) in [5.41, 5.74) is 5.20. The van der Waals surface area contributed by atoms with E-state index in [0.29, 0.717) is 11.3 Å². The smallest absolute Gasteiger partial charge is 0.235 e. The second-order valence-corrected chi connectivity index (χ2v) is 13.3. The molecule has 2 unspecified atom stereocenters. The van der Waals surface area contributed by atoms with Gasteiger partial charge in [0.05, 0.1) is 47.1 Å². The molecule has 49 heavy (non-hydrogen) atoms. The van der Waals surface area contributed by atoms with Gasteiger partial charge in [-0.05, 0) is 63.2 Å². The van der Waals surface area contributed by atoms with Gasteiger partial charge in [-0.25, -0.2) is 4.98 Å². The molecule has 0 bridgehead atoms. The molecule has 6 rings (SSSR count). The number of amides is 1. The van der Waals surface area contributed by atoms with Crippen LogP contribution in [0.5, 0.6) is 5.75 Å². The van der Waals surface area contributed by atoms with Gasteiger partial charge in [-0.1, -0.05) is 25.1 Å². The number of rotatable bonds is 8. The first-order valence-electron chi connectivity index (χ1n) is 16.2. The molecule has 3 aliphatic rings. The molecule has 2 saturated carbocycles. The van der Waals surface area contributed by atoms with Crippen molar-refractivity contribution in [1.29, 1.82) is 0 Å². The van der Waals surface area contributed by atoms with Gasteiger partial charge >= 0.3 is 0 Å². The van der Waals surface area contributed by atoms with Crippen molar-refractivity contribution < 1.29 is 39.3 Å². The van der Waals surface area contributed by atoms with Crippen molar-refractivity contribution in [3.8, 4) is 17.0 Å². The van der Waals surface area contributed by atoms with E-state index in [2.05, 4.69) is 34.0 Å². The number of likely N-dealkylation sites (N-methyl/N-ethyl adjacent to an activating group) is 1. The third kappa shape index (κ3) is 4.96. The predicted octanol–water partition coefficient (Wildman–Crippen LogP) is 1.38. The second-order valence-electron chi connectivity index (χ2n) is 13.3. The number of nitrogens with zero attached hydrogens (tertiary/aromatic N) is 3. The van der Waals surface area contributed by atoms with Crippen LogP contribution in [0, 0.1) is 23.7 Å². The van der Waals surface area contributed by atoms with Crippen molar-refractivity contribution in [3.05, 3.63) is 53.7 Å². The summed E-state index contributed by atoms with van der Waals surface area (Å²) in [6.07, 6.45) is -0.0791. The number of carbonyl (C=O) groups excluding carboxylic acids is 5. The molecule has 14 nitrogen and oxygen atoms in total. The summed E-state index contributed by atoms with van der Waals surface area (Å²) in [5, 5.41) is 38.0. The number of fused-ring (bicyclic) bond motifs is 3. The van der Waals surface area contributed by atoms with Gasteiger partial charge in [0.1, 0.15) is 5.75 Å². The average molecular weight is 673 g/mol. The number of hydrogen-bond acceptors (Lipinski definition) is 12. The number of carbonyl (C=O) groups is 5. The number of imidazole rings is 1. The third-order valence-corrected chi connectivity index (χ3v) is 10.6. The predicted molar refractivity (Wildman–Crippen MR) is 178 cm³/mol. The monoisotopic (exact) mass is 672 g/mol. The highest BCUT2D eigenvalue weighted by atomic mass is 16.3. The zero-order chi connectivity index (χ0) is 35.7. The quantitative estimate of drug-likeness (QED) is 0.148. The van der Waals surface area contributed by atoms with Crippen LogP contribution < -0.4 is 16.0 Å². The Morgan fingerprint density at radius 1 is 1.04 bits per heavy atom. The molecule has 1 heterocycles. The third-order valence-electron chi connectivity index (χ3n) is 10.6. The van der Waals surface area contributed by atoms with Crippen LogP contribution in [-0.2, 0) is 19.2 Å². The Kier molecular flexibility index (Phi) is 8.45. The summed E-state index contributed by atoms with van der Waals surface area (Å²) >= 11 is 0. The minimum atomic E-state index is -3.06. The summed E-state index contributed by atoms with van der Waals surface area (Å²) in [4.78, 5) is 78.6. The van der Waals surface area contributed by atoms with Crippen molar-refractivity contribution in [2.75, 3.05) is 37.4 Å². The summed E-state index contributed by atoms with van der Waals surface area (Å²) in [6.45, 7) is 7.59. The lowest BCUT2D eigenvalue weighted by molar-refractivity contribution is -0.196. The van der Waals surface area contributed by atoms with Crippen LogP contribution in [0.1, 0.15) is 42.6 Å². The maximum Gasteiger partial charge on any atom is 0.235 e. The molecule has 3 aromatic rings. The molecule has 3 aliphatic carbocycles. The number of Topliss-reactive ketones (excluding diaryl/α,β-unsaturated/α-hetero) is 4. The lowest BCUT2D eigenvalue weighted by atomic mass is 9.49. The van der Waals surface area contributed by atoms with E-state index in [1.165, 1.54) is 19.0 Å². The van der Waals surface area contributed by atoms with E-state index in [4.69, 9.17) is 5.73 Å². The molecule has 14 heteroatoms. The van der Waals surface area contributed by atoms with Gasteiger partial charge in [0, 0.05) is 24.7 Å². The van der Waals surface area contributed by atoms with Gasteiger partial charge in [-0.3, -0.25) is 28.9 Å². The first kappa shape index (κ1) is 34.0. The minimum Gasteiger partial charge on any atom is -0.505 e. The molecule has 258 valence electrons. The van der Waals surface area contributed by atoms with E-state index >= 15 is 0 Å². The number of hydrogen-bond donors (Lipinski definition) is 6. The van der Waals surface area contributed by atoms with E-state index in [1.54, 1.807) is 25.3 Å². The largest absolute Gasteiger partial charge is 0.505 e. The Balaban J connectivity index is 1.34. The van der Waals surface area contributed by atoms with Crippen LogP contribution in [0.4, 0.5) is 17.3 Å². The minimum absolute atomic E-state index is 0.0942. The highest BCUT2D eigenvalue weighted by molar-refractivity contribution is 6.32. The van der Waals surface area contributed by atoms with Crippen molar-refractivity contribution in [2.24, 2.45) is 29.4 Å². The van der Waals surface area contributed by atoms with Crippen molar-refractivity contribution in [1.82, 2.24) is 14.9 Å². The van der Waals surface area contributed by atoms with Gasteiger partial charge in [0.15, 0.2) is 34.7 Å². The number of aromatic hydroxyl groups is 1. The van der Waals surface area contributed by atoms with Crippen LogP contribution in [0.3, 0.4) is 0 Å². The lowest BCUT2D eigenvalue weighted by Crippen LogP contribution is -2.77. The lowest BCUT2D eigenvalue weighted by Gasteiger charge is -2.56. The van der Waals surface area contributed by atoms with Crippen LogP contribution >= 0.6 is 0 Å². The standard InChI is InChI=1S/C35H40N6O8/c1-6-41(7-2)17-10-8-16(9-11-17)20-14-37-34(39-20)38-19-13-12-18-15(3)21-23(28(43)22(18)27(19)42)31(46)35(49)25(29(21)44)26(40(4)5)30(45)24(32(35)47)33(36)48/h8-15,21,23-26,29,42,44,49H,6-7H2,1-5H3,(H2,36,48)(H2,37,38,39)/t15-,21+,23?,24?,25+,26-,29-,35-/m0/s1. The van der Waals surface area contributed by atoms with Crippen LogP contribution in [-0.4, -0.2) is 104 Å². The number of phenolic OH excluding ortho intramolecular Hbond substituents is 1. The number of phenols is 1. The summed E-state index contributed by atoms with van der Waals surface area (Å²) in [5.74, 6) is -13.6. The maximum atomic E-state index is 14.2. The number of H-pyrrole nitrogens is 1. The van der Waals surface area contributed by atoms with Gasteiger partial charge < -0.3 is 36.3 Å². The van der Waals surface area contributed by atoms with E-state index in [9.17, 15) is 39.3 Å². The number of aromatic amines is 1. The summed E-state index contributed by atoms with van der Waals surface area (Å²) in [6, 6.07) is 9.66. The average Bonchev–Trinajstić information content (AvgIpc) is 3.53. The normalized spacial score (nSPS) is 29.3. The number of primary amides is 1. The highest BCUT2D eigenvalue weighted by Crippen LogP contribution is 2.55.